The van der Waals surface area contributed by atoms with E-state index in [-0.39, 0.29) is 0 Å². The number of hydrogen-bond acceptors (Lipinski definition) is 0. The highest BCUT2D eigenvalue weighted by Crippen LogP contribution is 2.38. The van der Waals surface area contributed by atoms with E-state index in [2.05, 4.69) is 73.7 Å². The van der Waals surface area contributed by atoms with Gasteiger partial charge in [-0.15, -0.1) is 0 Å². The number of hydrogen-bond donors (Lipinski definition) is 0. The Kier molecular flexibility index (Phi) is 2.50. The van der Waals surface area contributed by atoms with E-state index in [0.717, 1.165) is 6.42 Å². The largest absolute Gasteiger partial charge is 0.0620 e. The third kappa shape index (κ3) is 1.69. The molecule has 0 aliphatic heterocycles. The minimum absolute atomic E-state index is 1.01. The van der Waals surface area contributed by atoms with Gasteiger partial charge in [0.05, 0.1) is 0 Å². The van der Waals surface area contributed by atoms with Crippen LogP contribution in [0.25, 0.3) is 22.3 Å². The summed E-state index contributed by atoms with van der Waals surface area (Å²) in [6, 6.07) is 25.3. The Morgan fingerprint density at radius 3 is 2.35 bits per heavy atom. The summed E-state index contributed by atoms with van der Waals surface area (Å²) in [6.45, 7) is 2.16. The molecule has 1 aliphatic rings. The van der Waals surface area contributed by atoms with Gasteiger partial charge in [-0.05, 0) is 58.4 Å². The van der Waals surface area contributed by atoms with E-state index in [1.807, 2.05) is 0 Å². The van der Waals surface area contributed by atoms with Crippen LogP contribution in [-0.2, 0) is 6.42 Å². The van der Waals surface area contributed by atoms with E-state index in [1.54, 1.807) is 0 Å². The van der Waals surface area contributed by atoms with Gasteiger partial charge in [0.2, 0.25) is 0 Å². The normalized spacial score (nSPS) is 12.1. The number of aryl methyl sites for hydroxylation is 1. The van der Waals surface area contributed by atoms with Crippen LogP contribution in [0, 0.1) is 13.0 Å². The maximum Gasteiger partial charge on any atom is -0.000706 e. The Labute approximate surface area is 119 Å². The van der Waals surface area contributed by atoms with Gasteiger partial charge in [0.1, 0.15) is 0 Å². The molecule has 4 rings (SSSR count). The van der Waals surface area contributed by atoms with Crippen molar-refractivity contribution in [1.82, 2.24) is 0 Å². The van der Waals surface area contributed by atoms with Crippen molar-refractivity contribution in [3.8, 4) is 22.3 Å². The minimum Gasteiger partial charge on any atom is -0.0620 e. The predicted octanol–water partition coefficient (Wildman–Crippen LogP) is 5.03. The van der Waals surface area contributed by atoms with Crippen LogP contribution in [0.5, 0.6) is 0 Å². The molecule has 3 aromatic rings. The molecule has 3 aromatic carbocycles. The van der Waals surface area contributed by atoms with Crippen LogP contribution in [0.15, 0.2) is 60.7 Å². The van der Waals surface area contributed by atoms with Crippen molar-refractivity contribution in [3.05, 3.63) is 83.4 Å². The van der Waals surface area contributed by atoms with Gasteiger partial charge in [0.25, 0.3) is 0 Å². The van der Waals surface area contributed by atoms with Crippen molar-refractivity contribution in [2.24, 2.45) is 0 Å². The Hall–Kier alpha value is -2.34. The van der Waals surface area contributed by atoms with Gasteiger partial charge in [-0.1, -0.05) is 60.7 Å². The molecule has 0 saturated heterocycles. The molecular weight excluding hydrogens is 240 g/mol. The highest BCUT2D eigenvalue weighted by atomic mass is 14.2. The van der Waals surface area contributed by atoms with Crippen LogP contribution in [0.4, 0.5) is 0 Å². The quantitative estimate of drug-likeness (QED) is 0.447. The molecule has 95 valence electrons. The molecule has 0 nitrogen and oxygen atoms in total. The van der Waals surface area contributed by atoms with Crippen LogP contribution in [0.3, 0.4) is 0 Å². The molecule has 0 heterocycles. The van der Waals surface area contributed by atoms with Gasteiger partial charge in [-0.3, -0.25) is 0 Å². The highest BCUT2D eigenvalue weighted by molar-refractivity contribution is 5.80. The fourth-order valence-electron chi connectivity index (χ4n) is 3.09. The molecule has 0 amide bonds. The lowest BCUT2D eigenvalue weighted by Crippen LogP contribution is -1.86. The van der Waals surface area contributed by atoms with Crippen LogP contribution in [0.1, 0.15) is 16.7 Å². The topological polar surface area (TPSA) is 0 Å². The zero-order chi connectivity index (χ0) is 13.5. The van der Waals surface area contributed by atoms with Gasteiger partial charge >= 0.3 is 0 Å². The molecule has 0 aromatic heterocycles. The van der Waals surface area contributed by atoms with E-state index in [4.69, 9.17) is 0 Å². The van der Waals surface area contributed by atoms with Crippen LogP contribution in [-0.4, -0.2) is 0 Å². The second-order valence-corrected chi connectivity index (χ2v) is 5.41. The van der Waals surface area contributed by atoms with Crippen molar-refractivity contribution in [1.29, 1.82) is 0 Å². The second-order valence-electron chi connectivity index (χ2n) is 5.41. The third-order valence-corrected chi connectivity index (χ3v) is 4.14. The van der Waals surface area contributed by atoms with Crippen LogP contribution in [0.2, 0.25) is 0 Å². The maximum absolute atomic E-state index is 3.63. The fraction of sp³-hybridized carbons (Fsp3) is 0.100. The molecule has 0 heteroatoms. The summed E-state index contributed by atoms with van der Waals surface area (Å²) >= 11 is 0. The second kappa shape index (κ2) is 4.35. The van der Waals surface area contributed by atoms with Gasteiger partial charge in [0, 0.05) is 0 Å². The molecule has 0 saturated carbocycles. The summed E-state index contributed by atoms with van der Waals surface area (Å²) in [6.07, 6.45) is 1.01. The third-order valence-electron chi connectivity index (χ3n) is 4.14. The standard InChI is InChI=1S/C20H15/c1-14-6-2-4-8-18(14)16-10-11-20-17(13-16)12-15-7-3-5-9-19(15)20/h2-11H,12H2,1H3. The predicted molar refractivity (Wildman–Crippen MR) is 83.7 cm³/mol. The summed E-state index contributed by atoms with van der Waals surface area (Å²) in [5, 5.41) is 0. The van der Waals surface area contributed by atoms with Gasteiger partial charge in [-0.25, -0.2) is 0 Å². The Morgan fingerprint density at radius 1 is 0.750 bits per heavy atom. The zero-order valence-electron chi connectivity index (χ0n) is 11.5. The van der Waals surface area contributed by atoms with Crippen molar-refractivity contribution in [3.63, 3.8) is 0 Å². The first-order valence-electron chi connectivity index (χ1n) is 7.02. The maximum atomic E-state index is 3.63. The molecular formula is C20H15. The smallest absolute Gasteiger partial charge is 0.000706 e. The van der Waals surface area contributed by atoms with Crippen molar-refractivity contribution < 1.29 is 0 Å². The number of fused-ring (bicyclic) bond motifs is 3. The lowest BCUT2D eigenvalue weighted by atomic mass is 9.96. The average molecular weight is 255 g/mol. The van der Waals surface area contributed by atoms with E-state index in [1.165, 1.54) is 38.9 Å². The monoisotopic (exact) mass is 255 g/mol. The lowest BCUT2D eigenvalue weighted by Gasteiger charge is -2.07. The lowest BCUT2D eigenvalue weighted by molar-refractivity contribution is 1.26. The highest BCUT2D eigenvalue weighted by Gasteiger charge is 2.18. The Bertz CT molecular complexity index is 797. The van der Waals surface area contributed by atoms with E-state index in [9.17, 15) is 0 Å². The molecule has 0 N–H and O–H groups in total. The molecule has 0 spiro atoms. The van der Waals surface area contributed by atoms with Crippen molar-refractivity contribution >= 4 is 0 Å². The van der Waals surface area contributed by atoms with E-state index in [0.29, 0.717) is 0 Å². The SMILES string of the molecule is Cc1ccccc1-c1[c]c2c(cc1)-c1ccccc1C2. The summed E-state index contributed by atoms with van der Waals surface area (Å²) in [4.78, 5) is 0. The summed E-state index contributed by atoms with van der Waals surface area (Å²) in [5.41, 5.74) is 9.25. The number of benzene rings is 3. The van der Waals surface area contributed by atoms with Gasteiger partial charge in [-0.2, -0.15) is 0 Å². The summed E-state index contributed by atoms with van der Waals surface area (Å²) in [7, 11) is 0. The van der Waals surface area contributed by atoms with Gasteiger partial charge < -0.3 is 0 Å². The average Bonchev–Trinajstić information content (AvgIpc) is 2.85. The van der Waals surface area contributed by atoms with Crippen molar-refractivity contribution in [2.75, 3.05) is 0 Å². The first-order chi connectivity index (χ1) is 9.83. The fourth-order valence-corrected chi connectivity index (χ4v) is 3.09. The van der Waals surface area contributed by atoms with Crippen LogP contribution >= 0.6 is 0 Å². The Morgan fingerprint density at radius 2 is 1.50 bits per heavy atom. The first kappa shape index (κ1) is 11.5. The summed E-state index contributed by atoms with van der Waals surface area (Å²) < 4.78 is 0. The van der Waals surface area contributed by atoms with Gasteiger partial charge in [0.15, 0.2) is 0 Å². The molecule has 0 unspecified atom stereocenters. The van der Waals surface area contributed by atoms with E-state index >= 15 is 0 Å². The summed E-state index contributed by atoms with van der Waals surface area (Å²) in [5.74, 6) is 0. The Balaban J connectivity index is 1.85. The van der Waals surface area contributed by atoms with E-state index < -0.39 is 0 Å². The van der Waals surface area contributed by atoms with Crippen molar-refractivity contribution in [2.45, 2.75) is 13.3 Å². The molecule has 0 atom stereocenters. The molecule has 20 heavy (non-hydrogen) atoms. The molecule has 0 fully saturated rings. The zero-order valence-corrected chi connectivity index (χ0v) is 11.5. The number of rotatable bonds is 1. The molecule has 1 radical (unpaired) electrons. The first-order valence-corrected chi connectivity index (χ1v) is 7.02. The molecule has 0 bridgehead atoms. The van der Waals surface area contributed by atoms with Crippen LogP contribution < -0.4 is 0 Å². The minimum atomic E-state index is 1.01. The molecule has 1 aliphatic carbocycles.